The molecule has 4 aromatic rings. The maximum Gasteiger partial charge on any atom is 0.237 e. The summed E-state index contributed by atoms with van der Waals surface area (Å²) in [5.74, 6) is -0.0404. The number of hydrogen-bond donors (Lipinski definition) is 1. The zero-order valence-electron chi connectivity index (χ0n) is 18.6. The van der Waals surface area contributed by atoms with Crippen molar-refractivity contribution in [3.8, 4) is 0 Å². The second-order valence-corrected chi connectivity index (χ2v) is 9.87. The van der Waals surface area contributed by atoms with Crippen LogP contribution in [0.4, 0.5) is 5.69 Å². The highest BCUT2D eigenvalue weighted by molar-refractivity contribution is 8.00. The molecule has 0 aliphatic heterocycles. The Morgan fingerprint density at radius 1 is 1.06 bits per heavy atom. The Bertz CT molecular complexity index is 1260. The Labute approximate surface area is 198 Å². The van der Waals surface area contributed by atoms with Crippen molar-refractivity contribution in [2.75, 3.05) is 5.32 Å². The van der Waals surface area contributed by atoms with E-state index in [1.54, 1.807) is 0 Å². The van der Waals surface area contributed by atoms with Crippen molar-refractivity contribution < 1.29 is 4.79 Å². The number of benzene rings is 3. The van der Waals surface area contributed by atoms with Crippen molar-refractivity contribution in [1.29, 1.82) is 0 Å². The van der Waals surface area contributed by atoms with Crippen molar-refractivity contribution in [2.24, 2.45) is 0 Å². The molecule has 0 saturated carbocycles. The van der Waals surface area contributed by atoms with Crippen LogP contribution in [0, 0.1) is 20.8 Å². The van der Waals surface area contributed by atoms with E-state index in [0.717, 1.165) is 33.0 Å². The molecule has 32 heavy (non-hydrogen) atoms. The van der Waals surface area contributed by atoms with Crippen LogP contribution in [0.5, 0.6) is 0 Å². The second kappa shape index (κ2) is 9.39. The van der Waals surface area contributed by atoms with E-state index in [9.17, 15) is 4.79 Å². The van der Waals surface area contributed by atoms with Crippen LogP contribution in [0.2, 0.25) is 5.02 Å². The van der Waals surface area contributed by atoms with Crippen molar-refractivity contribution in [1.82, 2.24) is 9.55 Å². The van der Waals surface area contributed by atoms with E-state index in [4.69, 9.17) is 16.6 Å². The molecule has 1 aromatic heterocycles. The standard InChI is InChI=1S/C26H26ClN3OS/c1-16-12-17(2)24(18(3)13-16)29-25(31)19(4)32-26-28-22-14-21(27)10-11-23(22)30(26)15-20-8-6-5-7-9-20/h5-14,19H,15H2,1-4H3,(H,29,31)/t19-/m1/s1. The lowest BCUT2D eigenvalue weighted by Gasteiger charge is -2.16. The number of anilines is 1. The molecular formula is C26H26ClN3OS. The molecule has 0 spiro atoms. The third-order valence-corrected chi connectivity index (χ3v) is 6.76. The fraction of sp³-hybridized carbons (Fsp3) is 0.231. The molecule has 0 radical (unpaired) electrons. The Kier molecular flexibility index (Phi) is 6.58. The van der Waals surface area contributed by atoms with Crippen LogP contribution in [-0.2, 0) is 11.3 Å². The van der Waals surface area contributed by atoms with Gasteiger partial charge in [0.2, 0.25) is 5.91 Å². The third kappa shape index (κ3) is 4.84. The van der Waals surface area contributed by atoms with Crippen LogP contribution >= 0.6 is 23.4 Å². The molecule has 1 atom stereocenters. The first-order valence-electron chi connectivity index (χ1n) is 10.6. The van der Waals surface area contributed by atoms with Gasteiger partial charge in [-0.1, -0.05) is 71.4 Å². The Hall–Kier alpha value is -2.76. The lowest BCUT2D eigenvalue weighted by atomic mass is 10.1. The van der Waals surface area contributed by atoms with Crippen molar-refractivity contribution in [3.05, 3.63) is 87.9 Å². The fourth-order valence-electron chi connectivity index (χ4n) is 3.90. The maximum atomic E-state index is 13.1. The van der Waals surface area contributed by atoms with Gasteiger partial charge >= 0.3 is 0 Å². The van der Waals surface area contributed by atoms with E-state index in [1.807, 2.05) is 57.2 Å². The fourth-order valence-corrected chi connectivity index (χ4v) is 4.99. The summed E-state index contributed by atoms with van der Waals surface area (Å²) in [6.07, 6.45) is 0. The van der Waals surface area contributed by atoms with Gasteiger partial charge in [-0.05, 0) is 62.6 Å². The van der Waals surface area contributed by atoms with Gasteiger partial charge in [-0.15, -0.1) is 0 Å². The largest absolute Gasteiger partial charge is 0.325 e. The van der Waals surface area contributed by atoms with E-state index in [1.165, 1.54) is 22.9 Å². The quantitative estimate of drug-likeness (QED) is 0.320. The number of fused-ring (bicyclic) bond motifs is 1. The first-order chi connectivity index (χ1) is 15.3. The van der Waals surface area contributed by atoms with Gasteiger partial charge in [0.05, 0.1) is 22.8 Å². The molecule has 1 amide bonds. The molecule has 0 fully saturated rings. The smallest absolute Gasteiger partial charge is 0.237 e. The molecule has 4 rings (SSSR count). The number of thioether (sulfide) groups is 1. The van der Waals surface area contributed by atoms with Crippen LogP contribution in [-0.4, -0.2) is 20.7 Å². The zero-order chi connectivity index (χ0) is 22.8. The molecular weight excluding hydrogens is 438 g/mol. The summed E-state index contributed by atoms with van der Waals surface area (Å²) in [6.45, 7) is 8.70. The molecule has 0 bridgehead atoms. The van der Waals surface area contributed by atoms with Crippen LogP contribution in [0.3, 0.4) is 0 Å². The summed E-state index contributed by atoms with van der Waals surface area (Å²) in [6, 6.07) is 20.2. The normalized spacial score (nSPS) is 12.2. The van der Waals surface area contributed by atoms with Crippen LogP contribution in [0.15, 0.2) is 65.8 Å². The minimum atomic E-state index is -0.322. The van der Waals surface area contributed by atoms with Gasteiger partial charge in [-0.25, -0.2) is 4.98 Å². The van der Waals surface area contributed by atoms with Crippen LogP contribution in [0.25, 0.3) is 11.0 Å². The minimum absolute atomic E-state index is 0.0404. The van der Waals surface area contributed by atoms with Crippen molar-refractivity contribution >= 4 is 46.0 Å². The van der Waals surface area contributed by atoms with Gasteiger partial charge in [0.25, 0.3) is 0 Å². The molecule has 0 unspecified atom stereocenters. The number of rotatable bonds is 6. The summed E-state index contributed by atoms with van der Waals surface area (Å²) in [7, 11) is 0. The van der Waals surface area contributed by atoms with E-state index >= 15 is 0 Å². The monoisotopic (exact) mass is 463 g/mol. The van der Waals surface area contributed by atoms with Crippen molar-refractivity contribution in [3.63, 3.8) is 0 Å². The highest BCUT2D eigenvalue weighted by Crippen LogP contribution is 2.31. The average molecular weight is 464 g/mol. The molecule has 0 aliphatic rings. The Morgan fingerprint density at radius 3 is 2.44 bits per heavy atom. The lowest BCUT2D eigenvalue weighted by Crippen LogP contribution is -2.24. The topological polar surface area (TPSA) is 46.9 Å². The number of carbonyl (C=O) groups is 1. The number of nitrogens with zero attached hydrogens (tertiary/aromatic N) is 2. The van der Waals surface area contributed by atoms with E-state index in [0.29, 0.717) is 11.6 Å². The van der Waals surface area contributed by atoms with Crippen molar-refractivity contribution in [2.45, 2.75) is 44.6 Å². The molecule has 0 saturated heterocycles. The molecule has 1 N–H and O–H groups in total. The van der Waals surface area contributed by atoms with E-state index < -0.39 is 0 Å². The van der Waals surface area contributed by atoms with Gasteiger partial charge < -0.3 is 9.88 Å². The number of halogens is 1. The number of hydrogen-bond acceptors (Lipinski definition) is 3. The summed E-state index contributed by atoms with van der Waals surface area (Å²) >= 11 is 7.67. The Morgan fingerprint density at radius 2 is 1.75 bits per heavy atom. The van der Waals surface area contributed by atoms with Gasteiger partial charge in [-0.2, -0.15) is 0 Å². The van der Waals surface area contributed by atoms with E-state index in [2.05, 4.69) is 41.1 Å². The summed E-state index contributed by atoms with van der Waals surface area (Å²) < 4.78 is 2.15. The van der Waals surface area contributed by atoms with Gasteiger partial charge in [0.1, 0.15) is 0 Å². The number of imidazole rings is 1. The minimum Gasteiger partial charge on any atom is -0.325 e. The number of carbonyl (C=O) groups excluding carboxylic acids is 1. The molecule has 6 heteroatoms. The summed E-state index contributed by atoms with van der Waals surface area (Å²) in [4.78, 5) is 17.9. The first kappa shape index (κ1) is 22.4. The zero-order valence-corrected chi connectivity index (χ0v) is 20.2. The summed E-state index contributed by atoms with van der Waals surface area (Å²) in [5, 5.41) is 4.24. The summed E-state index contributed by atoms with van der Waals surface area (Å²) in [5.41, 5.74) is 7.21. The van der Waals surface area contributed by atoms with Crippen LogP contribution < -0.4 is 5.32 Å². The average Bonchev–Trinajstić information content (AvgIpc) is 3.07. The molecule has 4 nitrogen and oxygen atoms in total. The Balaban J connectivity index is 1.61. The predicted molar refractivity (Wildman–Crippen MR) is 135 cm³/mol. The molecule has 1 heterocycles. The van der Waals surface area contributed by atoms with E-state index in [-0.39, 0.29) is 11.2 Å². The SMILES string of the molecule is Cc1cc(C)c(NC(=O)[C@@H](C)Sc2nc3cc(Cl)ccc3n2Cc2ccccc2)c(C)c1. The number of amides is 1. The molecule has 3 aromatic carbocycles. The van der Waals surface area contributed by atoms with Gasteiger partial charge in [0, 0.05) is 10.7 Å². The highest BCUT2D eigenvalue weighted by atomic mass is 35.5. The second-order valence-electron chi connectivity index (χ2n) is 8.12. The third-order valence-electron chi connectivity index (χ3n) is 5.44. The number of aromatic nitrogens is 2. The van der Waals surface area contributed by atoms with Gasteiger partial charge in [-0.3, -0.25) is 4.79 Å². The number of nitrogens with one attached hydrogen (secondary N) is 1. The predicted octanol–water partition coefficient (Wildman–Crippen LogP) is 6.78. The first-order valence-corrected chi connectivity index (χ1v) is 11.8. The molecule has 164 valence electrons. The lowest BCUT2D eigenvalue weighted by molar-refractivity contribution is -0.115. The molecule has 0 aliphatic carbocycles. The van der Waals surface area contributed by atoms with Gasteiger partial charge in [0.15, 0.2) is 5.16 Å². The number of aryl methyl sites for hydroxylation is 3. The maximum absolute atomic E-state index is 13.1. The highest BCUT2D eigenvalue weighted by Gasteiger charge is 2.21. The van der Waals surface area contributed by atoms with Crippen LogP contribution in [0.1, 0.15) is 29.2 Å².